The van der Waals surface area contributed by atoms with Gasteiger partial charge in [0.25, 0.3) is 11.8 Å². The Kier molecular flexibility index (Phi) is 2.65. The van der Waals surface area contributed by atoms with E-state index in [1.165, 1.54) is 0 Å². The van der Waals surface area contributed by atoms with E-state index < -0.39 is 11.8 Å². The Hall–Kier alpha value is -0.563. The van der Waals surface area contributed by atoms with Crippen molar-refractivity contribution in [2.75, 3.05) is 0 Å². The molecule has 0 radical (unpaired) electrons. The number of hydrogen-bond donors (Lipinski definition) is 1. The number of carbonyl (C=O) groups excluding carboxylic acids is 2. The second-order valence-corrected chi connectivity index (χ2v) is 1.38. The molecule has 0 bridgehead atoms. The van der Waals surface area contributed by atoms with Crippen LogP contribution in [0.15, 0.2) is 12.2 Å². The van der Waals surface area contributed by atoms with Gasteiger partial charge in [0.15, 0.2) is 0 Å². The number of rotatable bonds is 0. The molecule has 9 heavy (non-hydrogen) atoms. The fourth-order valence-electron chi connectivity index (χ4n) is 0.412. The number of hydrazine groups is 1. The fraction of sp³-hybridized carbons (Fsp3) is 0. The molecule has 4 nitrogen and oxygen atoms in total. The van der Waals surface area contributed by atoms with Crippen molar-refractivity contribution in [3.05, 3.63) is 12.2 Å². The van der Waals surface area contributed by atoms with Gasteiger partial charge in [0, 0.05) is 12.2 Å². The Morgan fingerprint density at radius 3 is 1.67 bits per heavy atom. The van der Waals surface area contributed by atoms with Crippen LogP contribution in [0, 0.1) is 0 Å². The predicted molar refractivity (Wildman–Crippen MR) is 32.3 cm³/mol. The first-order valence-electron chi connectivity index (χ1n) is 2.02. The molecular formula is C4H5LiN2O2. The maximum atomic E-state index is 10.3. The van der Waals surface area contributed by atoms with E-state index in [9.17, 15) is 9.59 Å². The van der Waals surface area contributed by atoms with Crippen molar-refractivity contribution in [2.45, 2.75) is 0 Å². The number of imide groups is 1. The van der Waals surface area contributed by atoms with Crippen LogP contribution < -0.4 is 5.84 Å². The molecule has 0 aromatic heterocycles. The van der Waals surface area contributed by atoms with Crippen LogP contribution in [0.4, 0.5) is 0 Å². The minimum absolute atomic E-state index is 0. The number of carbonyl (C=O) groups is 2. The molecule has 0 saturated carbocycles. The van der Waals surface area contributed by atoms with Gasteiger partial charge in [-0.15, -0.1) is 0 Å². The molecule has 2 N–H and O–H groups in total. The third kappa shape index (κ3) is 1.42. The van der Waals surface area contributed by atoms with Gasteiger partial charge in [-0.25, -0.2) is 10.9 Å². The molecule has 0 aromatic carbocycles. The van der Waals surface area contributed by atoms with Crippen molar-refractivity contribution in [3.8, 4) is 0 Å². The van der Waals surface area contributed by atoms with E-state index in [0.29, 0.717) is 5.01 Å². The number of nitrogens with zero attached hydrogens (tertiary/aromatic N) is 1. The van der Waals surface area contributed by atoms with E-state index in [1.54, 1.807) is 0 Å². The van der Waals surface area contributed by atoms with E-state index in [2.05, 4.69) is 0 Å². The first kappa shape index (κ1) is 8.44. The van der Waals surface area contributed by atoms with Crippen LogP contribution in [0.5, 0.6) is 0 Å². The van der Waals surface area contributed by atoms with Gasteiger partial charge >= 0.3 is 18.9 Å². The van der Waals surface area contributed by atoms with E-state index in [1.807, 2.05) is 0 Å². The van der Waals surface area contributed by atoms with Gasteiger partial charge in [-0.05, 0) is 0 Å². The predicted octanol–water partition coefficient (Wildman–Crippen LogP) is -1.86. The third-order valence-corrected chi connectivity index (χ3v) is 0.843. The standard InChI is InChI=1S/C4H4N2O2.Li.H/c5-6-3(7)1-2-4(6)8;;/h1-2H,5H2;;. The van der Waals surface area contributed by atoms with Crippen LogP contribution in [0.25, 0.3) is 0 Å². The zero-order chi connectivity index (χ0) is 6.15. The molecule has 0 fully saturated rings. The van der Waals surface area contributed by atoms with E-state index in [0.717, 1.165) is 12.2 Å². The Bertz CT molecular complexity index is 159. The van der Waals surface area contributed by atoms with Crippen molar-refractivity contribution in [1.29, 1.82) is 0 Å². The molecule has 0 saturated heterocycles. The monoisotopic (exact) mass is 120 g/mol. The average molecular weight is 120 g/mol. The summed E-state index contributed by atoms with van der Waals surface area (Å²) in [6, 6.07) is 0. The number of hydrogen-bond acceptors (Lipinski definition) is 3. The molecule has 1 aliphatic rings. The molecule has 1 rings (SSSR count). The Labute approximate surface area is 63.8 Å². The molecule has 0 atom stereocenters. The second-order valence-electron chi connectivity index (χ2n) is 1.38. The Morgan fingerprint density at radius 1 is 1.22 bits per heavy atom. The van der Waals surface area contributed by atoms with Crippen LogP contribution in [-0.2, 0) is 9.59 Å². The van der Waals surface area contributed by atoms with Gasteiger partial charge in [-0.3, -0.25) is 9.59 Å². The molecule has 5 heteroatoms. The third-order valence-electron chi connectivity index (χ3n) is 0.843. The zero-order valence-electron chi connectivity index (χ0n) is 4.00. The average Bonchev–Trinajstić information content (AvgIpc) is 1.98. The molecule has 0 aromatic rings. The van der Waals surface area contributed by atoms with Gasteiger partial charge in [0.2, 0.25) is 0 Å². The van der Waals surface area contributed by atoms with Gasteiger partial charge in [0.05, 0.1) is 0 Å². The van der Waals surface area contributed by atoms with Crippen LogP contribution in [0.3, 0.4) is 0 Å². The summed E-state index contributed by atoms with van der Waals surface area (Å²) in [5, 5.41) is 0.556. The van der Waals surface area contributed by atoms with Gasteiger partial charge < -0.3 is 0 Å². The zero-order valence-corrected chi connectivity index (χ0v) is 4.00. The van der Waals surface area contributed by atoms with Crippen molar-refractivity contribution < 1.29 is 9.59 Å². The van der Waals surface area contributed by atoms with Crippen LogP contribution in [0.1, 0.15) is 0 Å². The maximum absolute atomic E-state index is 10.3. The normalized spacial score (nSPS) is 16.3. The van der Waals surface area contributed by atoms with Gasteiger partial charge in [-0.1, -0.05) is 0 Å². The Morgan fingerprint density at radius 2 is 1.56 bits per heavy atom. The summed E-state index contributed by atoms with van der Waals surface area (Å²) < 4.78 is 0. The molecule has 2 amide bonds. The quantitative estimate of drug-likeness (QED) is 0.176. The summed E-state index contributed by atoms with van der Waals surface area (Å²) in [6.07, 6.45) is 2.25. The first-order chi connectivity index (χ1) is 3.72. The summed E-state index contributed by atoms with van der Waals surface area (Å²) in [7, 11) is 0. The van der Waals surface area contributed by atoms with Crippen molar-refractivity contribution in [2.24, 2.45) is 5.84 Å². The topological polar surface area (TPSA) is 63.4 Å². The summed E-state index contributed by atoms with van der Waals surface area (Å²) in [4.78, 5) is 20.6. The van der Waals surface area contributed by atoms with E-state index in [4.69, 9.17) is 5.84 Å². The fourth-order valence-corrected chi connectivity index (χ4v) is 0.412. The molecule has 0 aliphatic carbocycles. The molecule has 1 aliphatic heterocycles. The number of amides is 2. The van der Waals surface area contributed by atoms with Crippen molar-refractivity contribution >= 4 is 30.7 Å². The van der Waals surface area contributed by atoms with Gasteiger partial charge in [-0.2, -0.15) is 0 Å². The first-order valence-corrected chi connectivity index (χ1v) is 2.02. The summed E-state index contributed by atoms with van der Waals surface area (Å²) in [6.45, 7) is 0. The number of nitrogens with two attached hydrogens (primary N) is 1. The van der Waals surface area contributed by atoms with Crippen LogP contribution in [-0.4, -0.2) is 35.7 Å². The molecular weight excluding hydrogens is 115 g/mol. The molecule has 44 valence electrons. The molecule has 0 unspecified atom stereocenters. The minimum atomic E-state index is -0.463. The van der Waals surface area contributed by atoms with Crippen LogP contribution in [0.2, 0.25) is 0 Å². The summed E-state index contributed by atoms with van der Waals surface area (Å²) in [5.74, 6) is 3.97. The SMILES string of the molecule is NN1C(=O)C=CC1=O.[LiH]. The molecule has 0 spiro atoms. The van der Waals surface area contributed by atoms with E-state index in [-0.39, 0.29) is 18.9 Å². The molecule has 1 heterocycles. The summed E-state index contributed by atoms with van der Waals surface area (Å²) >= 11 is 0. The van der Waals surface area contributed by atoms with Crippen molar-refractivity contribution in [3.63, 3.8) is 0 Å². The van der Waals surface area contributed by atoms with Crippen molar-refractivity contribution in [1.82, 2.24) is 5.01 Å². The van der Waals surface area contributed by atoms with E-state index >= 15 is 0 Å². The van der Waals surface area contributed by atoms with Gasteiger partial charge in [0.1, 0.15) is 0 Å². The second kappa shape index (κ2) is 2.83. The summed E-state index contributed by atoms with van der Waals surface area (Å²) in [5.41, 5.74) is 0. The Balaban J connectivity index is 0.000000640. The van der Waals surface area contributed by atoms with Crippen LogP contribution >= 0.6 is 0 Å².